The maximum Gasteiger partial charge on any atom is 0.492 e. The van der Waals surface area contributed by atoms with E-state index in [2.05, 4.69) is 78.0 Å². The van der Waals surface area contributed by atoms with Gasteiger partial charge in [-0.15, -0.1) is 27.4 Å². The molecule has 0 radical (unpaired) electrons. The fraction of sp³-hybridized carbons (Fsp3) is 0.609. The van der Waals surface area contributed by atoms with E-state index in [0.29, 0.717) is 16.7 Å². The number of alkyl carbamates (subject to hydrolysis) is 2. The van der Waals surface area contributed by atoms with Crippen molar-refractivity contribution in [1.82, 2.24) is 10.6 Å². The average molecular weight is 1660 g/mol. The molecule has 109 heavy (non-hydrogen) atoms. The molecule has 2 amide bonds. The number of ether oxygens (including phenoxy) is 11. The number of isocyanates is 1. The summed E-state index contributed by atoms with van der Waals surface area (Å²) in [5.41, 5.74) is 2.12. The van der Waals surface area contributed by atoms with Gasteiger partial charge in [-0.3, -0.25) is 14.3 Å². The maximum atomic E-state index is 12.7. The van der Waals surface area contributed by atoms with Crippen LogP contribution in [0.25, 0.3) is 0 Å². The van der Waals surface area contributed by atoms with Crippen LogP contribution in [0.5, 0.6) is 0 Å². The second kappa shape index (κ2) is 83.9. The van der Waals surface area contributed by atoms with Crippen molar-refractivity contribution in [2.75, 3.05) is 108 Å². The number of carbonyl (C=O) groups is 6. The summed E-state index contributed by atoms with van der Waals surface area (Å²) in [7, 11) is 2.94. The molecule has 0 aliphatic heterocycles. The molecule has 0 atom stereocenters. The van der Waals surface area contributed by atoms with Crippen molar-refractivity contribution in [3.8, 4) is 0 Å². The zero-order chi connectivity index (χ0) is 75.8. The molecular formula is C64H115F20N3O22. The zero-order valence-electron chi connectivity index (χ0n) is 50.4. The highest BCUT2D eigenvalue weighted by Crippen LogP contribution is 2.42. The van der Waals surface area contributed by atoms with Crippen molar-refractivity contribution in [1.29, 1.82) is 0 Å². The molecule has 2 aromatic rings. The fourth-order valence-electron chi connectivity index (χ4n) is 4.24. The number of Topliss-reactive ketones (excluding diaryl/α,β-unsaturated/α-hetero) is 1. The second-order valence-electron chi connectivity index (χ2n) is 15.4. The van der Waals surface area contributed by atoms with E-state index in [1.54, 1.807) is 19.1 Å². The molecule has 25 nitrogen and oxygen atoms in total. The lowest BCUT2D eigenvalue weighted by Gasteiger charge is -2.29. The van der Waals surface area contributed by atoms with Gasteiger partial charge in [-0.25, -0.2) is 69.6 Å². The first-order valence-electron chi connectivity index (χ1n) is 24.8. The summed E-state index contributed by atoms with van der Waals surface area (Å²) < 4.78 is 272. The zero-order valence-corrected chi connectivity index (χ0v) is 50.4. The van der Waals surface area contributed by atoms with Crippen LogP contribution in [0, 0.1) is 0 Å². The molecule has 0 aliphatic rings. The number of amides is 2. The molecule has 0 fully saturated rings. The number of hydrogen-bond donors (Lipinski definition) is 4. The van der Waals surface area contributed by atoms with Gasteiger partial charge in [0.2, 0.25) is 18.7 Å². The van der Waals surface area contributed by atoms with Crippen LogP contribution in [0.1, 0.15) is 133 Å². The fourth-order valence-corrected chi connectivity index (χ4v) is 4.24. The monoisotopic (exact) mass is 1660 g/mol. The SMILES string of the molecule is C.C.C.C.C.C.C.C.C.C.C.C.C.C=C(C)C(=O)OCCN=C=O.C=C(C)C(=O)OCCNC(=O)OCCF.C=C(C)C(=O)OCCNC(=O)OCF.COC(OC)(C(=O)c1ccccc1)c1ccccc1.FCOC(F)(F)OC(F)(F)C(F)(F)OF.FCOC(F)(F)OC(F)(F)C(F)(F)OF.OCCF.OCF. The van der Waals surface area contributed by atoms with Crippen LogP contribution in [-0.2, 0) is 87.0 Å². The first kappa shape index (κ1) is 150. The Morgan fingerprint density at radius 2 is 0.761 bits per heavy atom. The Kier molecular flexibility index (Phi) is 116. The van der Waals surface area contributed by atoms with Crippen LogP contribution < -0.4 is 10.6 Å². The minimum atomic E-state index is -6.04. The van der Waals surface area contributed by atoms with Gasteiger partial charge in [-0.05, 0) is 29.8 Å². The predicted octanol–water partition coefficient (Wildman–Crippen LogP) is 18.3. The Morgan fingerprint density at radius 3 is 1.02 bits per heavy atom. The van der Waals surface area contributed by atoms with Crippen molar-refractivity contribution >= 4 is 42.0 Å². The van der Waals surface area contributed by atoms with E-state index < -0.39 is 114 Å². The minimum Gasteiger partial charge on any atom is -0.460 e. The van der Waals surface area contributed by atoms with Crippen LogP contribution in [0.3, 0.4) is 0 Å². The highest BCUT2D eigenvalue weighted by Gasteiger charge is 2.67. The van der Waals surface area contributed by atoms with Gasteiger partial charge < -0.3 is 54.0 Å². The lowest BCUT2D eigenvalue weighted by atomic mass is 9.96. The number of alkyl halides is 18. The van der Waals surface area contributed by atoms with E-state index >= 15 is 0 Å². The Bertz CT molecular complexity index is 2510. The normalized spacial score (nSPS) is 9.61. The van der Waals surface area contributed by atoms with Crippen LogP contribution in [0.15, 0.2) is 102 Å². The number of aliphatic hydroxyl groups is 2. The van der Waals surface area contributed by atoms with Crippen molar-refractivity contribution in [2.45, 2.75) is 160 Å². The number of rotatable bonds is 33. The summed E-state index contributed by atoms with van der Waals surface area (Å²) in [6.45, 7) is 6.16. The first-order valence-corrected chi connectivity index (χ1v) is 24.8. The topological polar surface area (TPSA) is 316 Å². The summed E-state index contributed by atoms with van der Waals surface area (Å²) in [6, 6.07) is 18.2. The number of aliphatic hydroxyl groups excluding tert-OH is 2. The number of methoxy groups -OCH3 is 2. The van der Waals surface area contributed by atoms with Gasteiger partial charge >= 0.3 is 67.1 Å². The predicted molar refractivity (Wildman–Crippen MR) is 368 cm³/mol. The summed E-state index contributed by atoms with van der Waals surface area (Å²) >= 11 is 0. The number of nitrogens with one attached hydrogen (secondary N) is 2. The van der Waals surface area contributed by atoms with Gasteiger partial charge in [0.15, 0.2) is 20.6 Å². The van der Waals surface area contributed by atoms with Crippen molar-refractivity contribution in [3.63, 3.8) is 0 Å². The molecule has 0 aliphatic carbocycles. The highest BCUT2D eigenvalue weighted by molar-refractivity contribution is 6.02. The third-order valence-electron chi connectivity index (χ3n) is 8.21. The van der Waals surface area contributed by atoms with Crippen LogP contribution in [0.4, 0.5) is 97.7 Å². The average Bonchev–Trinajstić information content (AvgIpc) is 0.798. The van der Waals surface area contributed by atoms with Gasteiger partial charge in [-0.2, -0.15) is 35.1 Å². The molecule has 0 unspecified atom stereocenters. The van der Waals surface area contributed by atoms with Crippen LogP contribution >= 0.6 is 0 Å². The van der Waals surface area contributed by atoms with Gasteiger partial charge in [0.25, 0.3) is 5.79 Å². The quantitative estimate of drug-likeness (QED) is 0.00594. The third kappa shape index (κ3) is 73.8. The summed E-state index contributed by atoms with van der Waals surface area (Å²) in [5, 5.41) is 18.8. The van der Waals surface area contributed by atoms with E-state index in [4.69, 9.17) is 19.7 Å². The van der Waals surface area contributed by atoms with Crippen molar-refractivity contribution < 1.29 is 194 Å². The maximum absolute atomic E-state index is 12.7. The molecular weight excluding hydrogens is 1540 g/mol. The Labute approximate surface area is 626 Å². The number of ketones is 1. The molecule has 0 saturated carbocycles. The molecule has 0 bridgehead atoms. The largest absolute Gasteiger partial charge is 0.492 e. The van der Waals surface area contributed by atoms with E-state index in [9.17, 15) is 122 Å². The molecule has 2 aromatic carbocycles. The minimum absolute atomic E-state index is 0. The first-order chi connectivity index (χ1) is 44.6. The standard InChI is InChI=1S/C16H16O3.C9H14FNO4.C8H12FNO4.C7H9NO3.2C4H2F8O3.C2H5FO.CH3FO.13CH4/c1-18-16(19-2,14-11-7-4-8-12-14)15(17)13-9-5-3-6-10-13;1-7(2)8(12)14-6-4-11-9(13)15-5-3-10;1-6(2)7(11)13-4-3-10-8(12)14-5-9;1-6(2)7(10)11-4-3-8-5-9;2*5-1-13-4(10,11)14-2(6,7)3(8,9)15-12;3-1-2-4;2-1-3;;;;;;;;;;;;;/h3-12H,1-2H3;1,3-6H2,2H3,(H,11,13);1,3-5H2,2H3,(H,10,12);1,3-4H2,2H3;2*1H2;4H,1-2H2;3H,1H2;13*1H4. The number of aliphatic imine (C=N–C) groups is 1. The highest BCUT2D eigenvalue weighted by atomic mass is 19.4. The molecule has 0 saturated heterocycles. The third-order valence-corrected chi connectivity index (χ3v) is 8.21. The number of esters is 3. The number of benzene rings is 2. The number of hydrogen-bond acceptors (Lipinski definition) is 23. The van der Waals surface area contributed by atoms with E-state index in [0.717, 1.165) is 0 Å². The lowest BCUT2D eigenvalue weighted by molar-refractivity contribution is -0.548. The number of halogens is 20. The van der Waals surface area contributed by atoms with E-state index in [1.807, 2.05) is 48.5 Å². The summed E-state index contributed by atoms with van der Waals surface area (Å²) in [6.07, 6.45) is -35.0. The molecule has 4 N–H and O–H groups in total. The Morgan fingerprint density at radius 1 is 0.459 bits per heavy atom. The Hall–Kier alpha value is -8.14. The van der Waals surface area contributed by atoms with Crippen LogP contribution in [-0.4, -0.2) is 197 Å². The molecule has 658 valence electrons. The van der Waals surface area contributed by atoms with Gasteiger partial charge in [-0.1, -0.05) is 177 Å². The lowest BCUT2D eigenvalue weighted by Crippen LogP contribution is -2.48. The molecule has 0 aromatic heterocycles. The van der Waals surface area contributed by atoms with E-state index in [1.165, 1.54) is 44.0 Å². The smallest absolute Gasteiger partial charge is 0.460 e. The van der Waals surface area contributed by atoms with Crippen molar-refractivity contribution in [3.05, 3.63) is 108 Å². The molecule has 2 rings (SSSR count). The Balaban J connectivity index is -0.0000000506. The van der Waals surface area contributed by atoms with E-state index in [-0.39, 0.29) is 166 Å². The van der Waals surface area contributed by atoms with Crippen LogP contribution in [0.2, 0.25) is 0 Å². The summed E-state index contributed by atoms with van der Waals surface area (Å²) in [5.74, 6) is -3.14. The molecule has 0 spiro atoms. The number of carbonyl (C=O) groups excluding carboxylic acids is 7. The van der Waals surface area contributed by atoms with Gasteiger partial charge in [0.05, 0.1) is 26.2 Å². The van der Waals surface area contributed by atoms with Gasteiger partial charge in [0.1, 0.15) is 39.8 Å². The second-order valence-corrected chi connectivity index (χ2v) is 15.4. The number of nitrogens with zero attached hydrogens (tertiary/aromatic N) is 1. The van der Waals surface area contributed by atoms with Gasteiger partial charge in [0, 0.05) is 42.1 Å². The van der Waals surface area contributed by atoms with Crippen molar-refractivity contribution in [2.24, 2.45) is 4.99 Å². The molecule has 45 heteroatoms. The molecule has 0 heterocycles. The summed E-state index contributed by atoms with van der Waals surface area (Å²) in [4.78, 5) is 81.8.